The number of aliphatic hydroxyl groups excluding tert-OH is 1. The standard InChI is InChI=1S/C13H19BrN4O/c1-3-9(4-2)11(19)7-15-13-16-12-6-5-10(14)8-18(12)17-13/h5-6,8-9,11,19H,3-4,7H2,1-2H3,(H,15,17). The highest BCUT2D eigenvalue weighted by atomic mass is 79.9. The van der Waals surface area contributed by atoms with E-state index in [9.17, 15) is 5.11 Å². The third-order valence-electron chi connectivity index (χ3n) is 3.36. The van der Waals surface area contributed by atoms with Crippen LogP contribution in [0.1, 0.15) is 26.7 Å². The zero-order chi connectivity index (χ0) is 13.8. The highest BCUT2D eigenvalue weighted by Crippen LogP contribution is 2.15. The second kappa shape index (κ2) is 6.34. The van der Waals surface area contributed by atoms with E-state index < -0.39 is 0 Å². The van der Waals surface area contributed by atoms with Gasteiger partial charge in [-0.2, -0.15) is 4.98 Å². The van der Waals surface area contributed by atoms with Crippen molar-refractivity contribution in [1.29, 1.82) is 0 Å². The number of nitrogens with zero attached hydrogens (tertiary/aromatic N) is 3. The van der Waals surface area contributed by atoms with Crippen molar-refractivity contribution in [1.82, 2.24) is 14.6 Å². The number of anilines is 1. The Morgan fingerprint density at radius 1 is 1.37 bits per heavy atom. The Kier molecular flexibility index (Phi) is 4.76. The SMILES string of the molecule is CCC(CC)C(O)CNc1nc2ccc(Br)cn2n1. The average molecular weight is 327 g/mol. The molecule has 0 radical (unpaired) electrons. The van der Waals surface area contributed by atoms with E-state index in [0.29, 0.717) is 18.4 Å². The molecule has 2 heterocycles. The molecule has 2 rings (SSSR count). The molecule has 0 aliphatic rings. The maximum absolute atomic E-state index is 10.1. The fraction of sp³-hybridized carbons (Fsp3) is 0.538. The largest absolute Gasteiger partial charge is 0.391 e. The van der Waals surface area contributed by atoms with Gasteiger partial charge in [0.05, 0.1) is 6.10 Å². The Morgan fingerprint density at radius 2 is 2.11 bits per heavy atom. The molecule has 0 aromatic carbocycles. The Bertz CT molecular complexity index is 538. The Hall–Kier alpha value is -1.14. The van der Waals surface area contributed by atoms with Gasteiger partial charge >= 0.3 is 0 Å². The molecule has 0 aliphatic heterocycles. The van der Waals surface area contributed by atoms with E-state index in [4.69, 9.17) is 0 Å². The molecule has 0 fully saturated rings. The quantitative estimate of drug-likeness (QED) is 0.856. The van der Waals surface area contributed by atoms with Crippen molar-refractivity contribution in [3.8, 4) is 0 Å². The van der Waals surface area contributed by atoms with Gasteiger partial charge in [0, 0.05) is 17.2 Å². The van der Waals surface area contributed by atoms with Crippen LogP contribution in [0.5, 0.6) is 0 Å². The number of aliphatic hydroxyl groups is 1. The van der Waals surface area contributed by atoms with Gasteiger partial charge in [0.2, 0.25) is 5.95 Å². The van der Waals surface area contributed by atoms with Crippen LogP contribution in [0.25, 0.3) is 5.65 Å². The third kappa shape index (κ3) is 3.45. The molecule has 2 N–H and O–H groups in total. The van der Waals surface area contributed by atoms with Gasteiger partial charge in [-0.15, -0.1) is 5.10 Å². The monoisotopic (exact) mass is 326 g/mol. The van der Waals surface area contributed by atoms with Crippen LogP contribution in [0.4, 0.5) is 5.95 Å². The van der Waals surface area contributed by atoms with Gasteiger partial charge in [0.25, 0.3) is 0 Å². The van der Waals surface area contributed by atoms with Gasteiger partial charge in [0.1, 0.15) is 0 Å². The number of aromatic nitrogens is 3. The lowest BCUT2D eigenvalue weighted by Crippen LogP contribution is -2.28. The van der Waals surface area contributed by atoms with E-state index in [2.05, 4.69) is 45.2 Å². The van der Waals surface area contributed by atoms with Crippen molar-refractivity contribution in [2.75, 3.05) is 11.9 Å². The highest BCUT2D eigenvalue weighted by Gasteiger charge is 2.15. The summed E-state index contributed by atoms with van der Waals surface area (Å²) in [6.07, 6.45) is 3.44. The molecule has 2 aromatic rings. The van der Waals surface area contributed by atoms with E-state index in [-0.39, 0.29) is 6.10 Å². The van der Waals surface area contributed by atoms with Crippen LogP contribution in [0.15, 0.2) is 22.8 Å². The predicted molar refractivity (Wildman–Crippen MR) is 79.3 cm³/mol. The maximum atomic E-state index is 10.1. The zero-order valence-corrected chi connectivity index (χ0v) is 12.8. The van der Waals surface area contributed by atoms with Crippen molar-refractivity contribution >= 4 is 27.5 Å². The van der Waals surface area contributed by atoms with Gasteiger partial charge in [-0.05, 0) is 34.0 Å². The minimum absolute atomic E-state index is 0.318. The molecule has 0 saturated heterocycles. The van der Waals surface area contributed by atoms with Gasteiger partial charge in [-0.25, -0.2) is 4.52 Å². The number of nitrogens with one attached hydrogen (secondary N) is 1. The molecular formula is C13H19BrN4O. The van der Waals surface area contributed by atoms with Crippen LogP contribution in [0.2, 0.25) is 0 Å². The lowest BCUT2D eigenvalue weighted by Gasteiger charge is -2.19. The Morgan fingerprint density at radius 3 is 2.79 bits per heavy atom. The number of halogens is 1. The van der Waals surface area contributed by atoms with Crippen molar-refractivity contribution < 1.29 is 5.11 Å². The molecule has 0 amide bonds. The number of hydrogen-bond acceptors (Lipinski definition) is 4. The number of rotatable bonds is 6. The van der Waals surface area contributed by atoms with Gasteiger partial charge < -0.3 is 10.4 Å². The van der Waals surface area contributed by atoms with Crippen LogP contribution >= 0.6 is 15.9 Å². The summed E-state index contributed by atoms with van der Waals surface area (Å²) in [4.78, 5) is 4.35. The molecule has 0 bridgehead atoms. The summed E-state index contributed by atoms with van der Waals surface area (Å²) < 4.78 is 2.66. The summed E-state index contributed by atoms with van der Waals surface area (Å²) >= 11 is 3.39. The van der Waals surface area contributed by atoms with E-state index >= 15 is 0 Å². The van der Waals surface area contributed by atoms with Crippen LogP contribution in [-0.2, 0) is 0 Å². The highest BCUT2D eigenvalue weighted by molar-refractivity contribution is 9.10. The fourth-order valence-corrected chi connectivity index (χ4v) is 2.45. The van der Waals surface area contributed by atoms with E-state index in [0.717, 1.165) is 23.0 Å². The first-order valence-corrected chi connectivity index (χ1v) is 7.37. The minimum Gasteiger partial charge on any atom is -0.391 e. The number of fused-ring (bicyclic) bond motifs is 1. The molecular weight excluding hydrogens is 308 g/mol. The van der Waals surface area contributed by atoms with Crippen LogP contribution in [0.3, 0.4) is 0 Å². The summed E-state index contributed by atoms with van der Waals surface area (Å²) in [5, 5.41) is 17.5. The molecule has 104 valence electrons. The van der Waals surface area contributed by atoms with Crippen LogP contribution in [-0.4, -0.2) is 32.4 Å². The summed E-state index contributed by atoms with van der Waals surface area (Å²) in [5.74, 6) is 0.863. The molecule has 1 atom stereocenters. The normalized spacial score (nSPS) is 13.1. The van der Waals surface area contributed by atoms with Gasteiger partial charge in [0.15, 0.2) is 5.65 Å². The van der Waals surface area contributed by atoms with Gasteiger partial charge in [-0.3, -0.25) is 0 Å². The maximum Gasteiger partial charge on any atom is 0.243 e. The smallest absolute Gasteiger partial charge is 0.243 e. The second-order valence-electron chi connectivity index (χ2n) is 4.61. The zero-order valence-electron chi connectivity index (χ0n) is 11.2. The van der Waals surface area contributed by atoms with Crippen molar-refractivity contribution in [2.24, 2.45) is 5.92 Å². The lowest BCUT2D eigenvalue weighted by molar-refractivity contribution is 0.114. The molecule has 19 heavy (non-hydrogen) atoms. The number of pyridine rings is 1. The topological polar surface area (TPSA) is 62.5 Å². The molecule has 6 heteroatoms. The molecule has 0 aliphatic carbocycles. The van der Waals surface area contributed by atoms with Crippen molar-refractivity contribution in [3.05, 3.63) is 22.8 Å². The van der Waals surface area contributed by atoms with Crippen molar-refractivity contribution in [2.45, 2.75) is 32.8 Å². The van der Waals surface area contributed by atoms with E-state index in [1.54, 1.807) is 4.52 Å². The lowest BCUT2D eigenvalue weighted by atomic mass is 9.97. The minimum atomic E-state index is -0.367. The Labute approximate surface area is 121 Å². The summed E-state index contributed by atoms with van der Waals surface area (Å²) in [6, 6.07) is 3.81. The average Bonchev–Trinajstić information content (AvgIpc) is 2.79. The van der Waals surface area contributed by atoms with Crippen molar-refractivity contribution in [3.63, 3.8) is 0 Å². The van der Waals surface area contributed by atoms with Crippen LogP contribution < -0.4 is 5.32 Å². The second-order valence-corrected chi connectivity index (χ2v) is 5.53. The predicted octanol–water partition coefficient (Wildman–Crippen LogP) is 2.70. The summed E-state index contributed by atoms with van der Waals surface area (Å²) in [7, 11) is 0. The Balaban J connectivity index is 2.01. The summed E-state index contributed by atoms with van der Waals surface area (Å²) in [5.41, 5.74) is 0.780. The van der Waals surface area contributed by atoms with E-state index in [1.165, 1.54) is 0 Å². The van der Waals surface area contributed by atoms with Gasteiger partial charge in [-0.1, -0.05) is 26.7 Å². The molecule has 0 saturated carbocycles. The van der Waals surface area contributed by atoms with Crippen LogP contribution in [0, 0.1) is 5.92 Å². The fourth-order valence-electron chi connectivity index (χ4n) is 2.13. The first-order chi connectivity index (χ1) is 9.13. The number of hydrogen-bond donors (Lipinski definition) is 2. The molecule has 1 unspecified atom stereocenters. The summed E-state index contributed by atoms with van der Waals surface area (Å²) in [6.45, 7) is 4.67. The van der Waals surface area contributed by atoms with E-state index in [1.807, 2.05) is 18.3 Å². The molecule has 5 nitrogen and oxygen atoms in total. The molecule has 0 spiro atoms. The molecule has 2 aromatic heterocycles. The first-order valence-electron chi connectivity index (χ1n) is 6.58. The first kappa shape index (κ1) is 14.3. The third-order valence-corrected chi connectivity index (χ3v) is 3.83.